The van der Waals surface area contributed by atoms with E-state index in [4.69, 9.17) is 9.88 Å². The molecule has 0 aliphatic rings. The summed E-state index contributed by atoms with van der Waals surface area (Å²) in [5.41, 5.74) is 2.33. The number of nitrogens with zero attached hydrogens (tertiary/aromatic N) is 1. The number of rotatable bonds is 3. The van der Waals surface area contributed by atoms with Crippen LogP contribution in [0.25, 0.3) is 33.1 Å². The van der Waals surface area contributed by atoms with Gasteiger partial charge in [0, 0.05) is 16.5 Å². The number of benzene rings is 2. The van der Waals surface area contributed by atoms with Gasteiger partial charge >= 0.3 is 6.09 Å². The molecule has 0 spiro atoms. The van der Waals surface area contributed by atoms with Crippen molar-refractivity contribution in [2.24, 2.45) is 5.14 Å². The van der Waals surface area contributed by atoms with Crippen LogP contribution in [0.2, 0.25) is 0 Å². The van der Waals surface area contributed by atoms with Gasteiger partial charge in [-0.15, -0.1) is 0 Å². The van der Waals surface area contributed by atoms with Crippen LogP contribution in [0.4, 0.5) is 4.79 Å². The molecule has 0 aliphatic carbocycles. The van der Waals surface area contributed by atoms with Gasteiger partial charge in [0.1, 0.15) is 0 Å². The summed E-state index contributed by atoms with van der Waals surface area (Å²) in [5, 5.41) is 5.96. The minimum absolute atomic E-state index is 0.0911. The molecule has 4 aromatic rings. The van der Waals surface area contributed by atoms with E-state index in [1.165, 1.54) is 16.7 Å². The summed E-state index contributed by atoms with van der Waals surface area (Å²) < 4.78 is 30.4. The highest BCUT2D eigenvalue weighted by molar-refractivity contribution is 7.89. The number of pyridine rings is 1. The summed E-state index contributed by atoms with van der Waals surface area (Å²) in [6.07, 6.45) is -0.598. The summed E-state index contributed by atoms with van der Waals surface area (Å²) in [6.45, 7) is 3.49. The maximum atomic E-state index is 12.9. The number of aromatic amines is 1. The molecule has 8 nitrogen and oxygen atoms in total. The van der Waals surface area contributed by atoms with E-state index in [9.17, 15) is 18.0 Å². The molecule has 0 unspecified atom stereocenters. The maximum Gasteiger partial charge on any atom is 0.419 e. The van der Waals surface area contributed by atoms with E-state index in [0.29, 0.717) is 38.6 Å². The lowest BCUT2D eigenvalue weighted by atomic mass is 10.00. The first-order valence-electron chi connectivity index (χ1n) is 9.20. The number of para-hydroxylation sites is 1. The molecular weight excluding hydrogens is 406 g/mol. The van der Waals surface area contributed by atoms with Crippen LogP contribution in [-0.4, -0.2) is 30.7 Å². The van der Waals surface area contributed by atoms with Crippen LogP contribution in [0.5, 0.6) is 0 Å². The Morgan fingerprint density at radius 3 is 2.60 bits per heavy atom. The molecule has 2 aromatic heterocycles. The molecule has 30 heavy (non-hydrogen) atoms. The van der Waals surface area contributed by atoms with Gasteiger partial charge < -0.3 is 9.72 Å². The Labute approximate surface area is 171 Å². The lowest BCUT2D eigenvalue weighted by molar-refractivity contribution is 0.156. The van der Waals surface area contributed by atoms with Gasteiger partial charge in [0.15, 0.2) is 0 Å². The second-order valence-corrected chi connectivity index (χ2v) is 8.36. The molecule has 2 heterocycles. The molecule has 0 amide bonds. The summed E-state index contributed by atoms with van der Waals surface area (Å²) >= 11 is 0. The van der Waals surface area contributed by atoms with Crippen molar-refractivity contribution in [3.8, 4) is 11.1 Å². The molecule has 154 valence electrons. The third kappa shape index (κ3) is 3.08. The van der Waals surface area contributed by atoms with Crippen LogP contribution < -0.4 is 10.7 Å². The van der Waals surface area contributed by atoms with Gasteiger partial charge in [0.25, 0.3) is 5.56 Å². The van der Waals surface area contributed by atoms with Gasteiger partial charge in [0.05, 0.1) is 28.1 Å². The van der Waals surface area contributed by atoms with Gasteiger partial charge in [-0.2, -0.15) is 0 Å². The Hall–Kier alpha value is -3.43. The highest BCUT2D eigenvalue weighted by Crippen LogP contribution is 2.36. The molecule has 0 saturated heterocycles. The number of nitrogens with two attached hydrogens (primary N) is 1. The van der Waals surface area contributed by atoms with Crippen LogP contribution in [-0.2, 0) is 14.8 Å². The van der Waals surface area contributed by atoms with Crippen molar-refractivity contribution in [3.05, 3.63) is 64.4 Å². The summed E-state index contributed by atoms with van der Waals surface area (Å²) in [4.78, 5) is 28.4. The molecule has 9 heteroatoms. The van der Waals surface area contributed by atoms with E-state index >= 15 is 0 Å². The molecule has 0 saturated carbocycles. The van der Waals surface area contributed by atoms with E-state index in [0.717, 1.165) is 0 Å². The van der Waals surface area contributed by atoms with Crippen molar-refractivity contribution < 1.29 is 17.9 Å². The standard InChI is InChI=1S/C21H19N3O5S/c1-3-29-21(26)24-16-10-5-4-9-15(16)18-19(24)17(12(2)20(25)23-18)13-7-6-8-14(11-13)30(22,27)28/h4-11H,3H2,1-2H3,(H,23,25)(H2,22,27,28). The third-order valence-electron chi connectivity index (χ3n) is 4.97. The van der Waals surface area contributed by atoms with Crippen molar-refractivity contribution in [1.29, 1.82) is 0 Å². The zero-order valence-corrected chi connectivity index (χ0v) is 17.1. The fraction of sp³-hybridized carbons (Fsp3) is 0.143. The number of carbonyl (C=O) groups is 1. The summed E-state index contributed by atoms with van der Waals surface area (Å²) in [7, 11) is -3.95. The van der Waals surface area contributed by atoms with E-state index in [1.54, 1.807) is 50.2 Å². The first kappa shape index (κ1) is 19.9. The first-order valence-corrected chi connectivity index (χ1v) is 10.7. The predicted octanol–water partition coefficient (Wildman–Crippen LogP) is 3.11. The number of carbonyl (C=O) groups excluding carboxylic acids is 1. The Kier molecular flexibility index (Phi) is 4.71. The molecule has 0 fully saturated rings. The molecule has 2 aromatic carbocycles. The number of aromatic nitrogens is 2. The zero-order chi connectivity index (χ0) is 21.6. The molecular formula is C21H19N3O5S. The maximum absolute atomic E-state index is 12.9. The van der Waals surface area contributed by atoms with E-state index in [1.807, 2.05) is 0 Å². The van der Waals surface area contributed by atoms with E-state index in [2.05, 4.69) is 4.98 Å². The average molecular weight is 425 g/mol. The number of H-pyrrole nitrogens is 1. The second kappa shape index (κ2) is 7.12. The topological polar surface area (TPSA) is 124 Å². The van der Waals surface area contributed by atoms with Crippen LogP contribution in [0.1, 0.15) is 12.5 Å². The lowest BCUT2D eigenvalue weighted by Gasteiger charge is -2.12. The van der Waals surface area contributed by atoms with Crippen LogP contribution in [0, 0.1) is 6.92 Å². The lowest BCUT2D eigenvalue weighted by Crippen LogP contribution is -2.17. The Morgan fingerprint density at radius 1 is 1.17 bits per heavy atom. The SMILES string of the molecule is CCOC(=O)n1c2ccccc2c2[nH]c(=O)c(C)c(-c3cccc(S(N)(=O)=O)c3)c21. The number of nitrogens with one attached hydrogen (secondary N) is 1. The van der Waals surface area contributed by atoms with Crippen LogP contribution in [0.15, 0.2) is 58.2 Å². The zero-order valence-electron chi connectivity index (χ0n) is 16.3. The Balaban J connectivity index is 2.22. The number of sulfonamides is 1. The number of hydrogen-bond donors (Lipinski definition) is 2. The highest BCUT2D eigenvalue weighted by atomic mass is 32.2. The number of fused-ring (bicyclic) bond motifs is 3. The predicted molar refractivity (Wildman–Crippen MR) is 114 cm³/mol. The van der Waals surface area contributed by atoms with E-state index in [-0.39, 0.29) is 17.1 Å². The minimum atomic E-state index is -3.95. The second-order valence-electron chi connectivity index (χ2n) is 6.80. The minimum Gasteiger partial charge on any atom is -0.449 e. The van der Waals surface area contributed by atoms with Gasteiger partial charge in [-0.3, -0.25) is 4.79 Å². The fourth-order valence-corrected chi connectivity index (χ4v) is 4.22. The van der Waals surface area contributed by atoms with E-state index < -0.39 is 16.1 Å². The van der Waals surface area contributed by atoms with Crippen molar-refractivity contribution in [2.75, 3.05) is 6.61 Å². The van der Waals surface area contributed by atoms with Crippen molar-refractivity contribution in [3.63, 3.8) is 0 Å². The number of primary sulfonamides is 1. The summed E-state index contributed by atoms with van der Waals surface area (Å²) in [6, 6.07) is 13.1. The van der Waals surface area contributed by atoms with Gasteiger partial charge in [-0.05, 0) is 37.6 Å². The largest absolute Gasteiger partial charge is 0.449 e. The Morgan fingerprint density at radius 2 is 1.90 bits per heavy atom. The first-order chi connectivity index (χ1) is 14.2. The normalized spacial score (nSPS) is 11.8. The number of ether oxygens (including phenoxy) is 1. The number of hydrogen-bond acceptors (Lipinski definition) is 5. The summed E-state index contributed by atoms with van der Waals surface area (Å²) in [5.74, 6) is 0. The molecule has 0 radical (unpaired) electrons. The van der Waals surface area contributed by atoms with Crippen molar-refractivity contribution >= 4 is 38.1 Å². The Bertz CT molecular complexity index is 1480. The third-order valence-corrected chi connectivity index (χ3v) is 5.88. The van der Waals surface area contributed by atoms with Crippen LogP contribution >= 0.6 is 0 Å². The van der Waals surface area contributed by atoms with Crippen molar-refractivity contribution in [2.45, 2.75) is 18.7 Å². The van der Waals surface area contributed by atoms with Gasteiger partial charge in [0.2, 0.25) is 10.0 Å². The molecule has 4 rings (SSSR count). The monoisotopic (exact) mass is 425 g/mol. The quantitative estimate of drug-likeness (QED) is 0.522. The highest BCUT2D eigenvalue weighted by Gasteiger charge is 2.24. The van der Waals surface area contributed by atoms with Gasteiger partial charge in [-0.1, -0.05) is 30.3 Å². The smallest absolute Gasteiger partial charge is 0.419 e. The fourth-order valence-electron chi connectivity index (χ4n) is 3.66. The molecule has 0 aliphatic heterocycles. The average Bonchev–Trinajstić information content (AvgIpc) is 3.02. The molecule has 3 N–H and O–H groups in total. The molecule has 0 bridgehead atoms. The van der Waals surface area contributed by atoms with Gasteiger partial charge in [-0.25, -0.2) is 22.9 Å². The molecule has 0 atom stereocenters. The van der Waals surface area contributed by atoms with Crippen molar-refractivity contribution in [1.82, 2.24) is 9.55 Å². The van der Waals surface area contributed by atoms with Crippen LogP contribution in [0.3, 0.4) is 0 Å².